The van der Waals surface area contributed by atoms with Crippen LogP contribution < -0.4 is 5.43 Å². The summed E-state index contributed by atoms with van der Waals surface area (Å²) in [5, 5.41) is 23.8. The first kappa shape index (κ1) is 21.9. The van der Waals surface area contributed by atoms with Crippen molar-refractivity contribution in [2.45, 2.75) is 5.16 Å². The number of hydrogen-bond donors (Lipinski definition) is 1. The van der Waals surface area contributed by atoms with E-state index in [1.807, 2.05) is 65.2 Å². The molecule has 0 saturated heterocycles. The summed E-state index contributed by atoms with van der Waals surface area (Å²) in [6, 6.07) is 25.3. The first-order valence-corrected chi connectivity index (χ1v) is 10.9. The Labute approximate surface area is 193 Å². The highest BCUT2D eigenvalue weighted by Gasteiger charge is 2.17. The Morgan fingerprint density at radius 3 is 2.33 bits per heavy atom. The highest BCUT2D eigenvalue weighted by molar-refractivity contribution is 7.99. The van der Waals surface area contributed by atoms with Gasteiger partial charge in [0.2, 0.25) is 0 Å². The zero-order valence-corrected chi connectivity index (χ0v) is 18.1. The predicted octanol–water partition coefficient (Wildman–Crippen LogP) is 4.08. The van der Waals surface area contributed by atoms with Crippen molar-refractivity contribution in [2.75, 3.05) is 5.75 Å². The van der Waals surface area contributed by atoms with Crippen LogP contribution in [0.1, 0.15) is 5.56 Å². The van der Waals surface area contributed by atoms with Crippen LogP contribution in [-0.2, 0) is 4.79 Å². The molecule has 1 heterocycles. The van der Waals surface area contributed by atoms with Gasteiger partial charge in [0.25, 0.3) is 11.6 Å². The van der Waals surface area contributed by atoms with E-state index in [2.05, 4.69) is 20.7 Å². The van der Waals surface area contributed by atoms with Gasteiger partial charge in [-0.2, -0.15) is 5.10 Å². The summed E-state index contributed by atoms with van der Waals surface area (Å²) >= 11 is 1.25. The molecule has 0 aliphatic rings. The number of carbonyl (C=O) groups excluding carboxylic acids is 1. The van der Waals surface area contributed by atoms with Crippen LogP contribution in [-0.4, -0.2) is 37.6 Å². The van der Waals surface area contributed by atoms with Gasteiger partial charge in [-0.05, 0) is 29.8 Å². The fraction of sp³-hybridized carbons (Fsp3) is 0.0435. The number of amides is 1. The van der Waals surface area contributed by atoms with Gasteiger partial charge in [-0.3, -0.25) is 19.5 Å². The van der Waals surface area contributed by atoms with Gasteiger partial charge in [0.15, 0.2) is 11.0 Å². The van der Waals surface area contributed by atoms with E-state index in [1.54, 1.807) is 12.1 Å². The standard InChI is InChI=1S/C23H18N6O3S/c30-21(25-24-15-17-11-13-20(14-12-17)29(31)32)16-33-23-27-26-22(18-7-3-1-4-8-18)28(23)19-9-5-2-6-10-19/h1-15H,16H2,(H,25,30)/b24-15-. The number of nitro benzene ring substituents is 1. The number of carbonyl (C=O) groups is 1. The third-order valence-corrected chi connectivity index (χ3v) is 5.45. The molecule has 0 aliphatic carbocycles. The Kier molecular flexibility index (Phi) is 6.86. The predicted molar refractivity (Wildman–Crippen MR) is 126 cm³/mol. The SMILES string of the molecule is O=C(CSc1nnc(-c2ccccc2)n1-c1ccccc1)N/N=C\c1ccc([N+](=O)[O-])cc1. The van der Waals surface area contributed by atoms with Crippen molar-refractivity contribution < 1.29 is 9.72 Å². The molecule has 4 rings (SSSR count). The lowest BCUT2D eigenvalue weighted by Crippen LogP contribution is -2.20. The van der Waals surface area contributed by atoms with Crippen LogP contribution in [0.15, 0.2) is 95.2 Å². The molecule has 0 radical (unpaired) electrons. The molecule has 0 unspecified atom stereocenters. The van der Waals surface area contributed by atoms with Crippen LogP contribution in [0.4, 0.5) is 5.69 Å². The molecule has 0 atom stereocenters. The van der Waals surface area contributed by atoms with E-state index in [4.69, 9.17) is 0 Å². The van der Waals surface area contributed by atoms with Gasteiger partial charge in [0.1, 0.15) is 0 Å². The number of rotatable bonds is 8. The van der Waals surface area contributed by atoms with Crippen LogP contribution >= 0.6 is 11.8 Å². The smallest absolute Gasteiger partial charge is 0.269 e. The van der Waals surface area contributed by atoms with Crippen molar-refractivity contribution in [3.63, 3.8) is 0 Å². The number of nitrogens with zero attached hydrogens (tertiary/aromatic N) is 5. The second kappa shape index (κ2) is 10.3. The van der Waals surface area contributed by atoms with Crippen molar-refractivity contribution in [1.82, 2.24) is 20.2 Å². The molecule has 0 aliphatic heterocycles. The summed E-state index contributed by atoms with van der Waals surface area (Å²) in [6.45, 7) is 0. The van der Waals surface area contributed by atoms with Crippen molar-refractivity contribution >= 4 is 29.6 Å². The van der Waals surface area contributed by atoms with Gasteiger partial charge in [0, 0.05) is 23.4 Å². The Morgan fingerprint density at radius 2 is 1.67 bits per heavy atom. The molecule has 33 heavy (non-hydrogen) atoms. The monoisotopic (exact) mass is 458 g/mol. The van der Waals surface area contributed by atoms with Gasteiger partial charge >= 0.3 is 0 Å². The second-order valence-corrected chi connectivity index (χ2v) is 7.72. The summed E-state index contributed by atoms with van der Waals surface area (Å²) in [5.41, 5.74) is 4.88. The highest BCUT2D eigenvalue weighted by Crippen LogP contribution is 2.27. The lowest BCUT2D eigenvalue weighted by molar-refractivity contribution is -0.384. The van der Waals surface area contributed by atoms with Crippen molar-refractivity contribution in [3.8, 4) is 17.1 Å². The molecule has 0 saturated carbocycles. The van der Waals surface area contributed by atoms with Gasteiger partial charge < -0.3 is 0 Å². The van der Waals surface area contributed by atoms with Crippen molar-refractivity contribution in [2.24, 2.45) is 5.10 Å². The molecular formula is C23H18N6O3S. The number of hydrogen-bond acceptors (Lipinski definition) is 7. The molecule has 164 valence electrons. The normalized spacial score (nSPS) is 10.9. The average molecular weight is 459 g/mol. The second-order valence-electron chi connectivity index (χ2n) is 6.77. The summed E-state index contributed by atoms with van der Waals surface area (Å²) in [4.78, 5) is 22.5. The zero-order valence-electron chi connectivity index (χ0n) is 17.2. The summed E-state index contributed by atoms with van der Waals surface area (Å²) in [5.74, 6) is 0.445. The van der Waals surface area contributed by atoms with Gasteiger partial charge in [-0.1, -0.05) is 60.3 Å². The van der Waals surface area contributed by atoms with Crippen molar-refractivity contribution in [3.05, 3.63) is 101 Å². The van der Waals surface area contributed by atoms with Gasteiger partial charge in [-0.25, -0.2) is 5.43 Å². The number of hydrazone groups is 1. The molecule has 0 fully saturated rings. The maximum atomic E-state index is 12.3. The van der Waals surface area contributed by atoms with E-state index in [9.17, 15) is 14.9 Å². The summed E-state index contributed by atoms with van der Waals surface area (Å²) < 4.78 is 1.91. The third kappa shape index (κ3) is 5.49. The van der Waals surface area contributed by atoms with E-state index < -0.39 is 4.92 Å². The number of nitro groups is 1. The first-order valence-electron chi connectivity index (χ1n) is 9.87. The number of non-ortho nitro benzene ring substituents is 1. The maximum Gasteiger partial charge on any atom is 0.269 e. The Morgan fingerprint density at radius 1 is 1.00 bits per heavy atom. The molecule has 0 bridgehead atoms. The molecule has 1 aromatic heterocycles. The lowest BCUT2D eigenvalue weighted by atomic mass is 10.2. The highest BCUT2D eigenvalue weighted by atomic mass is 32.2. The molecular weight excluding hydrogens is 440 g/mol. The van der Waals surface area contributed by atoms with Gasteiger partial charge in [-0.15, -0.1) is 10.2 Å². The molecule has 9 nitrogen and oxygen atoms in total. The lowest BCUT2D eigenvalue weighted by Gasteiger charge is -2.10. The number of benzene rings is 3. The molecule has 10 heteroatoms. The van der Waals surface area contributed by atoms with Crippen molar-refractivity contribution in [1.29, 1.82) is 0 Å². The van der Waals surface area contributed by atoms with Crippen LogP contribution in [0.2, 0.25) is 0 Å². The molecule has 1 amide bonds. The van der Waals surface area contributed by atoms with E-state index in [1.165, 1.54) is 30.1 Å². The number of aromatic nitrogens is 3. The minimum absolute atomic E-state index is 0.00927. The topological polar surface area (TPSA) is 115 Å². The van der Waals surface area contributed by atoms with E-state index in [-0.39, 0.29) is 17.3 Å². The third-order valence-electron chi connectivity index (χ3n) is 4.52. The molecule has 4 aromatic rings. The number of para-hydroxylation sites is 1. The molecule has 3 aromatic carbocycles. The summed E-state index contributed by atoms with van der Waals surface area (Å²) in [6.07, 6.45) is 1.42. The molecule has 0 spiro atoms. The Hall–Kier alpha value is -4.31. The van der Waals surface area contributed by atoms with E-state index in [0.717, 1.165) is 11.3 Å². The number of nitrogens with one attached hydrogen (secondary N) is 1. The zero-order chi connectivity index (χ0) is 23.0. The number of thioether (sulfide) groups is 1. The maximum absolute atomic E-state index is 12.3. The fourth-order valence-corrected chi connectivity index (χ4v) is 3.71. The minimum Gasteiger partial charge on any atom is -0.272 e. The quantitative estimate of drug-likeness (QED) is 0.184. The average Bonchev–Trinajstić information content (AvgIpc) is 3.28. The first-order chi connectivity index (χ1) is 16.1. The van der Waals surface area contributed by atoms with Crippen LogP contribution in [0.3, 0.4) is 0 Å². The van der Waals surface area contributed by atoms with Crippen LogP contribution in [0, 0.1) is 10.1 Å². The van der Waals surface area contributed by atoms with E-state index in [0.29, 0.717) is 16.5 Å². The van der Waals surface area contributed by atoms with Crippen LogP contribution in [0.5, 0.6) is 0 Å². The summed E-state index contributed by atoms with van der Waals surface area (Å²) in [7, 11) is 0. The molecule has 1 N–H and O–H groups in total. The van der Waals surface area contributed by atoms with Crippen LogP contribution in [0.25, 0.3) is 17.1 Å². The van der Waals surface area contributed by atoms with E-state index >= 15 is 0 Å². The fourth-order valence-electron chi connectivity index (χ4n) is 2.97. The van der Waals surface area contributed by atoms with Gasteiger partial charge in [0.05, 0.1) is 16.9 Å². The Bertz CT molecular complexity index is 1270. The largest absolute Gasteiger partial charge is 0.272 e. The minimum atomic E-state index is -0.475. The Balaban J connectivity index is 1.44.